The first-order valence-corrected chi connectivity index (χ1v) is 9.22. The quantitative estimate of drug-likeness (QED) is 0.258. The monoisotopic (exact) mass is 437 g/mol. The fraction of sp³-hybridized carbons (Fsp3) is 0.0500. The van der Waals surface area contributed by atoms with E-state index in [9.17, 15) is 0 Å². The molecule has 2 aromatic heterocycles. The van der Waals surface area contributed by atoms with E-state index in [0.717, 1.165) is 27.1 Å². The number of nitrogens with one attached hydrogen (secondary N) is 1. The highest BCUT2D eigenvalue weighted by Gasteiger charge is 2.10. The second-order valence-electron chi connectivity index (χ2n) is 6.04. The molecule has 0 unspecified atom stereocenters. The van der Waals surface area contributed by atoms with E-state index >= 15 is 0 Å². The Bertz CT molecular complexity index is 1160. The van der Waals surface area contributed by atoms with Gasteiger partial charge in [0.2, 0.25) is 5.95 Å². The molecule has 0 spiro atoms. The number of oxime groups is 1. The minimum atomic E-state index is 0.500. The summed E-state index contributed by atoms with van der Waals surface area (Å²) in [6, 6.07) is 17.0. The van der Waals surface area contributed by atoms with Crippen LogP contribution in [0.1, 0.15) is 5.69 Å². The van der Waals surface area contributed by atoms with Gasteiger partial charge in [0.1, 0.15) is 11.5 Å². The van der Waals surface area contributed by atoms with Crippen LogP contribution in [0.15, 0.2) is 70.4 Å². The molecule has 8 heteroatoms. The highest BCUT2D eigenvalue weighted by Crippen LogP contribution is 2.28. The lowest BCUT2D eigenvalue weighted by atomic mass is 10.3. The summed E-state index contributed by atoms with van der Waals surface area (Å²) in [5.74, 6) is 1.98. The molecule has 2 heterocycles. The number of aromatic nitrogens is 3. The van der Waals surface area contributed by atoms with E-state index in [-0.39, 0.29) is 0 Å². The first-order chi connectivity index (χ1) is 13.6. The van der Waals surface area contributed by atoms with Crippen molar-refractivity contribution in [3.8, 4) is 11.5 Å². The molecule has 0 saturated carbocycles. The highest BCUT2D eigenvalue weighted by atomic mass is 79.9. The van der Waals surface area contributed by atoms with Gasteiger partial charge in [-0.25, -0.2) is 4.98 Å². The molecule has 0 aliphatic carbocycles. The standard InChI is InChI=1S/C20H16BrN5O2/c1-26-19-7-6-16(28-17-8-9-22-15(10-17)12-23-27)11-18(19)25-20(26)24-14-4-2-13(21)3-5-14/h2-12,27H,1H3,(H,24,25)/b23-12+. The maximum absolute atomic E-state index is 8.64. The molecule has 0 saturated heterocycles. The first kappa shape index (κ1) is 18.0. The molecule has 140 valence electrons. The molecule has 0 bridgehead atoms. The van der Waals surface area contributed by atoms with Gasteiger partial charge in [0.25, 0.3) is 0 Å². The van der Waals surface area contributed by atoms with Crippen LogP contribution in [0.2, 0.25) is 0 Å². The summed E-state index contributed by atoms with van der Waals surface area (Å²) in [7, 11) is 1.96. The van der Waals surface area contributed by atoms with Gasteiger partial charge in [-0.1, -0.05) is 21.1 Å². The number of anilines is 2. The summed E-state index contributed by atoms with van der Waals surface area (Å²) in [5, 5.41) is 14.9. The minimum absolute atomic E-state index is 0.500. The molecule has 2 N–H and O–H groups in total. The van der Waals surface area contributed by atoms with Crippen molar-refractivity contribution in [3.63, 3.8) is 0 Å². The number of benzene rings is 2. The Balaban J connectivity index is 1.60. The van der Waals surface area contributed by atoms with E-state index in [0.29, 0.717) is 17.2 Å². The number of fused-ring (bicyclic) bond motifs is 1. The summed E-state index contributed by atoms with van der Waals surface area (Å²) >= 11 is 3.44. The molecule has 2 aromatic carbocycles. The Kier molecular flexibility index (Phi) is 4.94. The number of imidazole rings is 1. The lowest BCUT2D eigenvalue weighted by molar-refractivity contribution is 0.321. The Morgan fingerprint density at radius 3 is 2.68 bits per heavy atom. The zero-order valence-corrected chi connectivity index (χ0v) is 16.5. The van der Waals surface area contributed by atoms with Crippen molar-refractivity contribution in [1.29, 1.82) is 0 Å². The van der Waals surface area contributed by atoms with E-state index in [1.807, 2.05) is 54.1 Å². The van der Waals surface area contributed by atoms with Crippen molar-refractivity contribution in [2.75, 3.05) is 5.32 Å². The third-order valence-corrected chi connectivity index (χ3v) is 4.66. The van der Waals surface area contributed by atoms with E-state index in [4.69, 9.17) is 9.94 Å². The predicted octanol–water partition coefficient (Wildman–Crippen LogP) is 5.07. The normalized spacial score (nSPS) is 11.2. The molecule has 7 nitrogen and oxygen atoms in total. The fourth-order valence-corrected chi connectivity index (χ4v) is 3.04. The molecule has 4 aromatic rings. The Morgan fingerprint density at radius 2 is 1.89 bits per heavy atom. The van der Waals surface area contributed by atoms with Gasteiger partial charge >= 0.3 is 0 Å². The van der Waals surface area contributed by atoms with Crippen LogP contribution in [-0.2, 0) is 7.05 Å². The van der Waals surface area contributed by atoms with Gasteiger partial charge in [-0.05, 0) is 42.5 Å². The summed E-state index contributed by atoms with van der Waals surface area (Å²) in [4.78, 5) is 8.74. The van der Waals surface area contributed by atoms with E-state index in [1.54, 1.807) is 18.3 Å². The Morgan fingerprint density at radius 1 is 1.11 bits per heavy atom. The van der Waals surface area contributed by atoms with Crippen LogP contribution in [0.4, 0.5) is 11.6 Å². The second kappa shape index (κ2) is 7.69. The predicted molar refractivity (Wildman–Crippen MR) is 112 cm³/mol. The smallest absolute Gasteiger partial charge is 0.208 e. The third-order valence-electron chi connectivity index (χ3n) is 4.13. The number of halogens is 1. The molecule has 0 atom stereocenters. The molecule has 0 amide bonds. The number of aryl methyl sites for hydroxylation is 1. The van der Waals surface area contributed by atoms with Gasteiger partial charge in [-0.3, -0.25) is 4.98 Å². The number of ether oxygens (including phenoxy) is 1. The molecule has 0 aliphatic rings. The lowest BCUT2D eigenvalue weighted by Crippen LogP contribution is -1.98. The molecule has 0 fully saturated rings. The Hall–Kier alpha value is -3.39. The van der Waals surface area contributed by atoms with Gasteiger partial charge in [-0.15, -0.1) is 0 Å². The summed E-state index contributed by atoms with van der Waals surface area (Å²) in [6.45, 7) is 0. The van der Waals surface area contributed by atoms with E-state index in [2.05, 4.69) is 36.4 Å². The average Bonchev–Trinajstić information content (AvgIpc) is 2.99. The summed E-state index contributed by atoms with van der Waals surface area (Å²) in [5.41, 5.74) is 3.24. The van der Waals surface area contributed by atoms with Crippen molar-refractivity contribution < 1.29 is 9.94 Å². The number of hydrogen-bond acceptors (Lipinski definition) is 6. The fourth-order valence-electron chi connectivity index (χ4n) is 2.77. The molecule has 0 aliphatic heterocycles. The van der Waals surface area contributed by atoms with E-state index < -0.39 is 0 Å². The second-order valence-corrected chi connectivity index (χ2v) is 6.96. The van der Waals surface area contributed by atoms with Crippen molar-refractivity contribution >= 4 is 44.8 Å². The average molecular weight is 438 g/mol. The van der Waals surface area contributed by atoms with Gasteiger partial charge in [0.05, 0.1) is 22.9 Å². The maximum Gasteiger partial charge on any atom is 0.208 e. The van der Waals surface area contributed by atoms with Gasteiger partial charge in [-0.2, -0.15) is 0 Å². The molecule has 28 heavy (non-hydrogen) atoms. The van der Waals surface area contributed by atoms with Crippen LogP contribution in [0.25, 0.3) is 11.0 Å². The number of nitrogens with zero attached hydrogens (tertiary/aromatic N) is 4. The molecular formula is C20H16BrN5O2. The van der Waals surface area contributed by atoms with Gasteiger partial charge in [0, 0.05) is 35.5 Å². The molecule has 4 rings (SSSR count). The summed E-state index contributed by atoms with van der Waals surface area (Å²) < 4.78 is 8.91. The van der Waals surface area contributed by atoms with Crippen molar-refractivity contribution in [3.05, 3.63) is 71.0 Å². The van der Waals surface area contributed by atoms with E-state index in [1.165, 1.54) is 6.21 Å². The summed E-state index contributed by atoms with van der Waals surface area (Å²) in [6.07, 6.45) is 2.83. The SMILES string of the molecule is Cn1c(Nc2ccc(Br)cc2)nc2cc(Oc3ccnc(/C=N/O)c3)ccc21. The van der Waals surface area contributed by atoms with Crippen molar-refractivity contribution in [1.82, 2.24) is 14.5 Å². The zero-order chi connectivity index (χ0) is 19.5. The zero-order valence-electron chi connectivity index (χ0n) is 14.9. The largest absolute Gasteiger partial charge is 0.457 e. The van der Waals surface area contributed by atoms with Crippen LogP contribution < -0.4 is 10.1 Å². The topological polar surface area (TPSA) is 84.6 Å². The Labute approximate surface area is 169 Å². The first-order valence-electron chi connectivity index (χ1n) is 8.43. The molecule has 0 radical (unpaired) electrons. The van der Waals surface area contributed by atoms with Gasteiger partial charge < -0.3 is 19.8 Å². The lowest BCUT2D eigenvalue weighted by Gasteiger charge is -2.07. The van der Waals surface area contributed by atoms with Crippen LogP contribution >= 0.6 is 15.9 Å². The van der Waals surface area contributed by atoms with Crippen molar-refractivity contribution in [2.24, 2.45) is 12.2 Å². The maximum atomic E-state index is 8.64. The number of rotatable bonds is 5. The molecular weight excluding hydrogens is 422 g/mol. The third kappa shape index (κ3) is 3.81. The van der Waals surface area contributed by atoms with Crippen molar-refractivity contribution in [2.45, 2.75) is 0 Å². The van der Waals surface area contributed by atoms with Crippen LogP contribution in [0, 0.1) is 0 Å². The number of pyridine rings is 1. The number of hydrogen-bond donors (Lipinski definition) is 2. The van der Waals surface area contributed by atoms with Crippen LogP contribution in [0.5, 0.6) is 11.5 Å². The van der Waals surface area contributed by atoms with Crippen LogP contribution in [0.3, 0.4) is 0 Å². The highest BCUT2D eigenvalue weighted by molar-refractivity contribution is 9.10. The van der Waals surface area contributed by atoms with Crippen LogP contribution in [-0.4, -0.2) is 26.0 Å². The van der Waals surface area contributed by atoms with Gasteiger partial charge in [0.15, 0.2) is 0 Å². The minimum Gasteiger partial charge on any atom is -0.457 e.